The zero-order valence-electron chi connectivity index (χ0n) is 12.2. The molecule has 1 heterocycles. The van der Waals surface area contributed by atoms with E-state index in [1.807, 2.05) is 18.2 Å². The smallest absolute Gasteiger partial charge is 0.260 e. The van der Waals surface area contributed by atoms with Crippen molar-refractivity contribution >= 4 is 5.91 Å². The lowest BCUT2D eigenvalue weighted by Crippen LogP contribution is -2.44. The summed E-state index contributed by atoms with van der Waals surface area (Å²) in [6.45, 7) is 5.42. The minimum Gasteiger partial charge on any atom is -0.484 e. The summed E-state index contributed by atoms with van der Waals surface area (Å²) >= 11 is 0. The number of carbonyl (C=O) groups excluding carboxylic acids is 1. The van der Waals surface area contributed by atoms with Gasteiger partial charge in [-0.3, -0.25) is 4.79 Å². The van der Waals surface area contributed by atoms with E-state index in [4.69, 9.17) is 4.74 Å². The third kappa shape index (κ3) is 3.97. The van der Waals surface area contributed by atoms with Crippen molar-refractivity contribution < 1.29 is 14.6 Å². The fraction of sp³-hybridized carbons (Fsp3) is 0.562. The maximum absolute atomic E-state index is 12.0. The second-order valence-electron chi connectivity index (χ2n) is 5.65. The highest BCUT2D eigenvalue weighted by molar-refractivity contribution is 5.77. The Labute approximate surface area is 120 Å². The molecule has 4 heteroatoms. The fourth-order valence-corrected chi connectivity index (χ4v) is 2.38. The van der Waals surface area contributed by atoms with Crippen LogP contribution in [0.4, 0.5) is 0 Å². The van der Waals surface area contributed by atoms with Gasteiger partial charge in [-0.2, -0.15) is 0 Å². The summed E-state index contributed by atoms with van der Waals surface area (Å²) in [5, 5.41) is 9.58. The van der Waals surface area contributed by atoms with Crippen LogP contribution in [0.25, 0.3) is 0 Å². The summed E-state index contributed by atoms with van der Waals surface area (Å²) in [6.07, 6.45) is 1.24. The molecule has 1 aliphatic heterocycles. The zero-order valence-corrected chi connectivity index (χ0v) is 12.2. The Kier molecular flexibility index (Phi) is 5.01. The van der Waals surface area contributed by atoms with Crippen LogP contribution < -0.4 is 4.74 Å². The monoisotopic (exact) mass is 277 g/mol. The number of hydrogen-bond acceptors (Lipinski definition) is 3. The van der Waals surface area contributed by atoms with Gasteiger partial charge < -0.3 is 14.7 Å². The molecule has 1 unspecified atom stereocenters. The molecule has 2 rings (SSSR count). The summed E-state index contributed by atoms with van der Waals surface area (Å²) in [7, 11) is 0. The van der Waals surface area contributed by atoms with Crippen LogP contribution in [0.3, 0.4) is 0 Å². The molecule has 1 aromatic carbocycles. The standard InChI is InChI=1S/C16H23NO3/c1-12(2)13-5-3-7-15(9-13)20-11-16(19)17-8-4-6-14(18)10-17/h3,5,7,9,12,14,18H,4,6,8,10-11H2,1-2H3. The number of carbonyl (C=O) groups is 1. The van der Waals surface area contributed by atoms with Gasteiger partial charge in [-0.1, -0.05) is 26.0 Å². The molecule has 4 nitrogen and oxygen atoms in total. The largest absolute Gasteiger partial charge is 0.484 e. The van der Waals surface area contributed by atoms with Gasteiger partial charge in [-0.15, -0.1) is 0 Å². The van der Waals surface area contributed by atoms with Crippen molar-refractivity contribution in [3.8, 4) is 5.75 Å². The Morgan fingerprint density at radius 1 is 1.50 bits per heavy atom. The molecule has 1 N–H and O–H groups in total. The maximum atomic E-state index is 12.0. The molecular formula is C16H23NO3. The van der Waals surface area contributed by atoms with E-state index in [1.54, 1.807) is 4.90 Å². The molecule has 0 aliphatic carbocycles. The fourth-order valence-electron chi connectivity index (χ4n) is 2.38. The second kappa shape index (κ2) is 6.75. The SMILES string of the molecule is CC(C)c1cccc(OCC(=O)N2CCCC(O)C2)c1. The van der Waals surface area contributed by atoms with E-state index in [2.05, 4.69) is 19.9 Å². The number of aliphatic hydroxyl groups is 1. The highest BCUT2D eigenvalue weighted by atomic mass is 16.5. The van der Waals surface area contributed by atoms with Crippen molar-refractivity contribution in [2.24, 2.45) is 0 Å². The van der Waals surface area contributed by atoms with E-state index in [1.165, 1.54) is 5.56 Å². The number of rotatable bonds is 4. The molecule has 0 spiro atoms. The van der Waals surface area contributed by atoms with Gasteiger partial charge in [0.05, 0.1) is 6.10 Å². The van der Waals surface area contributed by atoms with Crippen LogP contribution in [0.5, 0.6) is 5.75 Å². The Hall–Kier alpha value is -1.55. The minimum atomic E-state index is -0.392. The van der Waals surface area contributed by atoms with Crippen LogP contribution in [0.15, 0.2) is 24.3 Å². The number of aliphatic hydroxyl groups excluding tert-OH is 1. The predicted molar refractivity (Wildman–Crippen MR) is 77.8 cm³/mol. The van der Waals surface area contributed by atoms with Crippen LogP contribution in [0, 0.1) is 0 Å². The Morgan fingerprint density at radius 3 is 3.00 bits per heavy atom. The first-order valence-corrected chi connectivity index (χ1v) is 7.25. The number of piperidine rings is 1. The first kappa shape index (κ1) is 14.9. The van der Waals surface area contributed by atoms with Crippen molar-refractivity contribution in [1.82, 2.24) is 4.90 Å². The van der Waals surface area contributed by atoms with Gasteiger partial charge in [-0.05, 0) is 36.5 Å². The maximum Gasteiger partial charge on any atom is 0.260 e. The molecule has 0 saturated carbocycles. The van der Waals surface area contributed by atoms with Crippen molar-refractivity contribution in [2.75, 3.05) is 19.7 Å². The first-order valence-electron chi connectivity index (χ1n) is 7.25. The number of hydrogen-bond donors (Lipinski definition) is 1. The number of nitrogens with zero attached hydrogens (tertiary/aromatic N) is 1. The van der Waals surface area contributed by atoms with Crippen molar-refractivity contribution in [3.63, 3.8) is 0 Å². The summed E-state index contributed by atoms with van der Waals surface area (Å²) in [5.74, 6) is 1.10. The molecule has 20 heavy (non-hydrogen) atoms. The van der Waals surface area contributed by atoms with Gasteiger partial charge >= 0.3 is 0 Å². The van der Waals surface area contributed by atoms with Gasteiger partial charge in [0.25, 0.3) is 5.91 Å². The molecule has 0 radical (unpaired) electrons. The molecule has 1 saturated heterocycles. The average molecular weight is 277 g/mol. The molecule has 1 amide bonds. The molecule has 1 fully saturated rings. The minimum absolute atomic E-state index is 0.0360. The van der Waals surface area contributed by atoms with E-state index in [9.17, 15) is 9.90 Å². The molecule has 1 aromatic rings. The van der Waals surface area contributed by atoms with Gasteiger partial charge in [0.15, 0.2) is 6.61 Å². The third-order valence-corrected chi connectivity index (χ3v) is 3.64. The second-order valence-corrected chi connectivity index (χ2v) is 5.65. The quantitative estimate of drug-likeness (QED) is 0.917. The van der Waals surface area contributed by atoms with Crippen LogP contribution in [0.2, 0.25) is 0 Å². The van der Waals surface area contributed by atoms with Crippen LogP contribution >= 0.6 is 0 Å². The first-order chi connectivity index (χ1) is 9.56. The van der Waals surface area contributed by atoms with E-state index in [0.29, 0.717) is 19.0 Å². The molecule has 1 aliphatic rings. The zero-order chi connectivity index (χ0) is 14.5. The number of amides is 1. The Balaban J connectivity index is 1.88. The van der Waals surface area contributed by atoms with Crippen LogP contribution in [-0.4, -0.2) is 41.7 Å². The topological polar surface area (TPSA) is 49.8 Å². The molecule has 0 bridgehead atoms. The Morgan fingerprint density at radius 2 is 2.30 bits per heavy atom. The number of benzene rings is 1. The van der Waals surface area contributed by atoms with E-state index < -0.39 is 6.10 Å². The lowest BCUT2D eigenvalue weighted by atomic mass is 10.0. The summed E-state index contributed by atoms with van der Waals surface area (Å²) in [5.41, 5.74) is 1.20. The number of ether oxygens (including phenoxy) is 1. The van der Waals surface area contributed by atoms with E-state index >= 15 is 0 Å². The highest BCUT2D eigenvalue weighted by Gasteiger charge is 2.22. The van der Waals surface area contributed by atoms with Crippen LogP contribution in [-0.2, 0) is 4.79 Å². The highest BCUT2D eigenvalue weighted by Crippen LogP contribution is 2.20. The van der Waals surface area contributed by atoms with Gasteiger partial charge in [0.1, 0.15) is 5.75 Å². The Bertz CT molecular complexity index is 459. The van der Waals surface area contributed by atoms with Crippen molar-refractivity contribution in [1.29, 1.82) is 0 Å². The van der Waals surface area contributed by atoms with E-state index in [-0.39, 0.29) is 12.5 Å². The number of likely N-dealkylation sites (tertiary alicyclic amines) is 1. The lowest BCUT2D eigenvalue weighted by molar-refractivity contribution is -0.136. The van der Waals surface area contributed by atoms with Crippen molar-refractivity contribution in [2.45, 2.75) is 38.7 Å². The van der Waals surface area contributed by atoms with Gasteiger partial charge in [-0.25, -0.2) is 0 Å². The predicted octanol–water partition coefficient (Wildman–Crippen LogP) is 2.17. The number of β-amino-alcohol motifs (C(OH)–C–C–N with tert-alkyl or cyclic N) is 1. The molecule has 110 valence electrons. The average Bonchev–Trinajstić information content (AvgIpc) is 2.45. The lowest BCUT2D eigenvalue weighted by Gasteiger charge is -2.30. The molecule has 1 atom stereocenters. The van der Waals surface area contributed by atoms with Crippen molar-refractivity contribution in [3.05, 3.63) is 29.8 Å². The van der Waals surface area contributed by atoms with Gasteiger partial charge in [0.2, 0.25) is 0 Å². The van der Waals surface area contributed by atoms with Crippen LogP contribution in [0.1, 0.15) is 38.2 Å². The van der Waals surface area contributed by atoms with E-state index in [0.717, 1.165) is 18.6 Å². The normalized spacial score (nSPS) is 19.2. The van der Waals surface area contributed by atoms with Gasteiger partial charge in [0, 0.05) is 13.1 Å². The molecular weight excluding hydrogens is 254 g/mol. The third-order valence-electron chi connectivity index (χ3n) is 3.64. The summed E-state index contributed by atoms with van der Waals surface area (Å²) < 4.78 is 5.57. The molecule has 0 aromatic heterocycles. The summed E-state index contributed by atoms with van der Waals surface area (Å²) in [4.78, 5) is 13.7. The summed E-state index contributed by atoms with van der Waals surface area (Å²) in [6, 6.07) is 7.84.